The van der Waals surface area contributed by atoms with E-state index in [4.69, 9.17) is 9.47 Å². The zero-order valence-corrected chi connectivity index (χ0v) is 15.0. The van der Waals surface area contributed by atoms with Gasteiger partial charge >= 0.3 is 6.03 Å². The largest absolute Gasteiger partial charge is 0.486 e. The number of hydrogen-bond acceptors (Lipinski definition) is 4. The molecule has 2 aromatic rings. The van der Waals surface area contributed by atoms with Crippen molar-refractivity contribution in [1.29, 1.82) is 0 Å². The zero-order valence-electron chi connectivity index (χ0n) is 15.0. The maximum atomic E-state index is 12.2. The van der Waals surface area contributed by atoms with Crippen molar-refractivity contribution >= 4 is 6.03 Å². The first-order valence-electron chi connectivity index (χ1n) is 8.38. The molecule has 2 atom stereocenters. The van der Waals surface area contributed by atoms with Gasteiger partial charge in [0, 0.05) is 18.3 Å². The van der Waals surface area contributed by atoms with E-state index in [9.17, 15) is 4.79 Å². The van der Waals surface area contributed by atoms with Crippen molar-refractivity contribution in [2.75, 3.05) is 13.2 Å². The Morgan fingerprint density at radius 3 is 2.76 bits per heavy atom. The standard InChI is InChI=1S/C18H24N4O3/c1-11(17-12(2)21-22(4)13(17)3)20-18(23)19-9-14-10-24-15-7-5-6-8-16(15)25-14/h5-8,11,14H,9-10H2,1-4H3,(H2,19,20,23)/t11-,14-/m0/s1. The number of carbonyl (C=O) groups excluding carboxylic acids is 1. The monoisotopic (exact) mass is 344 g/mol. The van der Waals surface area contributed by atoms with Gasteiger partial charge in [-0.05, 0) is 32.9 Å². The Kier molecular flexibility index (Phi) is 4.83. The minimum absolute atomic E-state index is 0.127. The quantitative estimate of drug-likeness (QED) is 0.892. The molecule has 0 bridgehead atoms. The van der Waals surface area contributed by atoms with Crippen LogP contribution in [0.15, 0.2) is 24.3 Å². The summed E-state index contributed by atoms with van der Waals surface area (Å²) in [6, 6.07) is 7.16. The van der Waals surface area contributed by atoms with Gasteiger partial charge in [0.25, 0.3) is 0 Å². The first-order valence-corrected chi connectivity index (χ1v) is 8.38. The lowest BCUT2D eigenvalue weighted by molar-refractivity contribution is 0.0917. The Morgan fingerprint density at radius 2 is 2.08 bits per heavy atom. The van der Waals surface area contributed by atoms with Crippen LogP contribution in [0.1, 0.15) is 29.9 Å². The summed E-state index contributed by atoms with van der Waals surface area (Å²) >= 11 is 0. The van der Waals surface area contributed by atoms with Gasteiger partial charge in [0.05, 0.1) is 18.3 Å². The third-order valence-electron chi connectivity index (χ3n) is 4.40. The maximum Gasteiger partial charge on any atom is 0.315 e. The molecule has 7 nitrogen and oxygen atoms in total. The molecular formula is C18H24N4O3. The van der Waals surface area contributed by atoms with Crippen LogP contribution < -0.4 is 20.1 Å². The molecule has 3 rings (SSSR count). The summed E-state index contributed by atoms with van der Waals surface area (Å²) in [5, 5.41) is 10.2. The number of aryl methyl sites for hydroxylation is 2. The Morgan fingerprint density at radius 1 is 1.36 bits per heavy atom. The second-order valence-corrected chi connectivity index (χ2v) is 6.28. The van der Waals surface area contributed by atoms with Crippen LogP contribution in [0.2, 0.25) is 0 Å². The second-order valence-electron chi connectivity index (χ2n) is 6.28. The number of para-hydroxylation sites is 2. The molecule has 1 aromatic carbocycles. The molecule has 0 fully saturated rings. The number of amides is 2. The molecule has 0 unspecified atom stereocenters. The minimum atomic E-state index is -0.238. The molecule has 134 valence electrons. The molecule has 0 aliphatic carbocycles. The predicted octanol–water partition coefficient (Wildman–Crippen LogP) is 2.24. The van der Waals surface area contributed by atoms with E-state index < -0.39 is 0 Å². The number of ether oxygens (including phenoxy) is 2. The lowest BCUT2D eigenvalue weighted by Crippen LogP contribution is -2.45. The van der Waals surface area contributed by atoms with Gasteiger partial charge in [-0.25, -0.2) is 4.79 Å². The topological polar surface area (TPSA) is 77.4 Å². The third kappa shape index (κ3) is 3.70. The van der Waals surface area contributed by atoms with Crippen molar-refractivity contribution in [3.63, 3.8) is 0 Å². The number of hydrogen-bond donors (Lipinski definition) is 2. The fourth-order valence-electron chi connectivity index (χ4n) is 3.11. The molecule has 7 heteroatoms. The van der Waals surface area contributed by atoms with Crippen LogP contribution in [-0.2, 0) is 7.05 Å². The van der Waals surface area contributed by atoms with Gasteiger partial charge < -0.3 is 20.1 Å². The molecule has 0 radical (unpaired) electrons. The average Bonchev–Trinajstić information content (AvgIpc) is 2.85. The molecule has 1 aliphatic heterocycles. The Hall–Kier alpha value is -2.70. The van der Waals surface area contributed by atoms with Crippen LogP contribution >= 0.6 is 0 Å². The third-order valence-corrected chi connectivity index (χ3v) is 4.40. The van der Waals surface area contributed by atoms with Crippen molar-refractivity contribution in [3.05, 3.63) is 41.2 Å². The maximum absolute atomic E-state index is 12.2. The van der Waals surface area contributed by atoms with E-state index in [0.717, 1.165) is 22.7 Å². The van der Waals surface area contributed by atoms with Gasteiger partial charge in [-0.1, -0.05) is 12.1 Å². The Labute approximate surface area is 147 Å². The van der Waals surface area contributed by atoms with Crippen LogP contribution in [0.5, 0.6) is 11.5 Å². The summed E-state index contributed by atoms with van der Waals surface area (Å²) < 4.78 is 13.3. The SMILES string of the molecule is Cc1nn(C)c(C)c1[C@H](C)NC(=O)NC[C@H]1COc2ccccc2O1. The molecule has 1 aromatic heterocycles. The molecule has 2 heterocycles. The molecular weight excluding hydrogens is 320 g/mol. The number of urea groups is 1. The number of nitrogens with zero attached hydrogens (tertiary/aromatic N) is 2. The molecule has 2 amide bonds. The number of rotatable bonds is 4. The van der Waals surface area contributed by atoms with Crippen molar-refractivity contribution in [2.45, 2.75) is 32.9 Å². The van der Waals surface area contributed by atoms with Crippen LogP contribution in [0, 0.1) is 13.8 Å². The summed E-state index contributed by atoms with van der Waals surface area (Å²) in [4.78, 5) is 12.2. The molecule has 1 aliphatic rings. The Bertz CT molecular complexity index is 772. The van der Waals surface area contributed by atoms with Gasteiger partial charge in [0.2, 0.25) is 0 Å². The van der Waals surface area contributed by atoms with Crippen LogP contribution in [0.25, 0.3) is 0 Å². The van der Waals surface area contributed by atoms with Gasteiger partial charge in [-0.2, -0.15) is 5.10 Å². The summed E-state index contributed by atoms with van der Waals surface area (Å²) in [6.45, 7) is 6.68. The highest BCUT2D eigenvalue weighted by atomic mass is 16.6. The number of carbonyl (C=O) groups is 1. The van der Waals surface area contributed by atoms with Crippen LogP contribution in [0.3, 0.4) is 0 Å². The summed E-state index contributed by atoms with van der Waals surface area (Å²) in [7, 11) is 1.90. The van der Waals surface area contributed by atoms with Gasteiger partial charge in [-0.3, -0.25) is 4.68 Å². The highest BCUT2D eigenvalue weighted by Gasteiger charge is 2.22. The molecule has 0 saturated heterocycles. The van der Waals surface area contributed by atoms with Crippen LogP contribution in [0.4, 0.5) is 4.79 Å². The molecule has 2 N–H and O–H groups in total. The number of benzene rings is 1. The van der Waals surface area contributed by atoms with Crippen molar-refractivity contribution in [1.82, 2.24) is 20.4 Å². The molecule has 0 spiro atoms. The molecule has 0 saturated carbocycles. The van der Waals surface area contributed by atoms with E-state index in [2.05, 4.69) is 15.7 Å². The summed E-state index contributed by atoms with van der Waals surface area (Å²) in [5.74, 6) is 1.44. The summed E-state index contributed by atoms with van der Waals surface area (Å²) in [5.41, 5.74) is 3.02. The van der Waals surface area contributed by atoms with Gasteiger partial charge in [0.1, 0.15) is 6.61 Å². The predicted molar refractivity (Wildman–Crippen MR) is 94.0 cm³/mol. The average molecular weight is 344 g/mol. The number of nitrogens with one attached hydrogen (secondary N) is 2. The number of aromatic nitrogens is 2. The zero-order chi connectivity index (χ0) is 18.0. The molecule has 25 heavy (non-hydrogen) atoms. The fraction of sp³-hybridized carbons (Fsp3) is 0.444. The van der Waals surface area contributed by atoms with Crippen molar-refractivity contribution < 1.29 is 14.3 Å². The van der Waals surface area contributed by atoms with Crippen molar-refractivity contribution in [3.8, 4) is 11.5 Å². The van der Waals surface area contributed by atoms with E-state index in [1.165, 1.54) is 0 Å². The first kappa shape index (κ1) is 17.1. The summed E-state index contributed by atoms with van der Waals surface area (Å²) in [6.07, 6.45) is -0.210. The fourth-order valence-corrected chi connectivity index (χ4v) is 3.11. The lowest BCUT2D eigenvalue weighted by Gasteiger charge is -2.26. The van der Waals surface area contributed by atoms with E-state index >= 15 is 0 Å². The second kappa shape index (κ2) is 7.04. The minimum Gasteiger partial charge on any atom is -0.486 e. The lowest BCUT2D eigenvalue weighted by atomic mass is 10.1. The highest BCUT2D eigenvalue weighted by Crippen LogP contribution is 2.30. The normalized spacial score (nSPS) is 17.0. The Balaban J connectivity index is 1.52. The van der Waals surface area contributed by atoms with E-state index in [-0.39, 0.29) is 18.2 Å². The highest BCUT2D eigenvalue weighted by molar-refractivity contribution is 5.74. The van der Waals surface area contributed by atoms with Crippen molar-refractivity contribution in [2.24, 2.45) is 7.05 Å². The van der Waals surface area contributed by atoms with E-state index in [1.807, 2.05) is 56.8 Å². The van der Waals surface area contributed by atoms with Crippen LogP contribution in [-0.4, -0.2) is 35.1 Å². The first-order chi connectivity index (χ1) is 12.0. The van der Waals surface area contributed by atoms with E-state index in [0.29, 0.717) is 18.9 Å². The van der Waals surface area contributed by atoms with Gasteiger partial charge in [0.15, 0.2) is 17.6 Å². The van der Waals surface area contributed by atoms with Gasteiger partial charge in [-0.15, -0.1) is 0 Å². The smallest absolute Gasteiger partial charge is 0.315 e. The van der Waals surface area contributed by atoms with E-state index in [1.54, 1.807) is 0 Å². The number of fused-ring (bicyclic) bond motifs is 1.